The maximum atomic E-state index is 13.3. The van der Waals surface area contributed by atoms with Gasteiger partial charge in [-0.25, -0.2) is 10.2 Å². The zero-order chi connectivity index (χ0) is 11.3. The van der Waals surface area contributed by atoms with Crippen LogP contribution in [0.25, 0.3) is 0 Å². The molecule has 0 aliphatic heterocycles. The van der Waals surface area contributed by atoms with Crippen LogP contribution in [0.1, 0.15) is 13.3 Å². The molecule has 0 fully saturated rings. The van der Waals surface area contributed by atoms with Crippen LogP contribution >= 0.6 is 11.8 Å². The first-order valence-corrected chi connectivity index (χ1v) is 5.48. The van der Waals surface area contributed by atoms with Crippen molar-refractivity contribution in [2.24, 2.45) is 5.84 Å². The molecule has 0 spiro atoms. The summed E-state index contributed by atoms with van der Waals surface area (Å²) in [5, 5.41) is -0.355. The minimum atomic E-state index is -0.355. The predicted molar refractivity (Wildman–Crippen MR) is 58.7 cm³/mol. The molecule has 0 aromatic heterocycles. The van der Waals surface area contributed by atoms with Gasteiger partial charge in [-0.1, -0.05) is 19.1 Å². The van der Waals surface area contributed by atoms with Gasteiger partial charge in [-0.3, -0.25) is 10.2 Å². The number of carbonyl (C=O) groups excluding carboxylic acids is 1. The molecule has 0 aliphatic carbocycles. The molecular formula is C10H13FN2OS. The van der Waals surface area contributed by atoms with Gasteiger partial charge in [0.15, 0.2) is 0 Å². The average Bonchev–Trinajstić information content (AvgIpc) is 2.27. The number of hydrogen-bond acceptors (Lipinski definition) is 3. The lowest BCUT2D eigenvalue weighted by atomic mass is 10.3. The normalized spacial score (nSPS) is 12.2. The predicted octanol–water partition coefficient (Wildman–Crippen LogP) is 1.69. The van der Waals surface area contributed by atoms with Crippen molar-refractivity contribution in [2.75, 3.05) is 0 Å². The molecule has 5 heteroatoms. The second kappa shape index (κ2) is 5.72. The van der Waals surface area contributed by atoms with E-state index in [-0.39, 0.29) is 17.0 Å². The summed E-state index contributed by atoms with van der Waals surface area (Å²) in [7, 11) is 0. The molecule has 0 saturated carbocycles. The highest BCUT2D eigenvalue weighted by Crippen LogP contribution is 2.27. The number of nitrogens with two attached hydrogens (primary N) is 1. The molecule has 0 bridgehead atoms. The van der Waals surface area contributed by atoms with Gasteiger partial charge in [0.1, 0.15) is 5.82 Å². The number of benzene rings is 1. The van der Waals surface area contributed by atoms with Crippen LogP contribution in [-0.4, -0.2) is 11.2 Å². The molecule has 3 N–H and O–H groups in total. The zero-order valence-corrected chi connectivity index (χ0v) is 9.18. The van der Waals surface area contributed by atoms with Crippen LogP contribution in [0.3, 0.4) is 0 Å². The first kappa shape index (κ1) is 12.0. The van der Waals surface area contributed by atoms with Crippen molar-refractivity contribution < 1.29 is 9.18 Å². The van der Waals surface area contributed by atoms with Crippen LogP contribution in [0.15, 0.2) is 29.2 Å². The summed E-state index contributed by atoms with van der Waals surface area (Å²) in [5.41, 5.74) is 2.07. The van der Waals surface area contributed by atoms with Gasteiger partial charge >= 0.3 is 0 Å². The molecule has 0 aliphatic rings. The number of thioether (sulfide) groups is 1. The van der Waals surface area contributed by atoms with E-state index in [1.54, 1.807) is 18.2 Å². The van der Waals surface area contributed by atoms with E-state index in [9.17, 15) is 9.18 Å². The molecular weight excluding hydrogens is 215 g/mol. The largest absolute Gasteiger partial charge is 0.293 e. The Morgan fingerprint density at radius 1 is 1.60 bits per heavy atom. The summed E-state index contributed by atoms with van der Waals surface area (Å²) < 4.78 is 13.3. The fourth-order valence-corrected chi connectivity index (χ4v) is 2.09. The van der Waals surface area contributed by atoms with Crippen LogP contribution in [0, 0.1) is 5.82 Å². The minimum Gasteiger partial charge on any atom is -0.293 e. The quantitative estimate of drug-likeness (QED) is 0.357. The Hall–Kier alpha value is -1.07. The Morgan fingerprint density at radius 2 is 2.27 bits per heavy atom. The Labute approximate surface area is 92.2 Å². The third-order valence-corrected chi connectivity index (χ3v) is 3.33. The molecule has 0 saturated heterocycles. The molecule has 1 aromatic rings. The molecule has 1 unspecified atom stereocenters. The number of halogens is 1. The summed E-state index contributed by atoms with van der Waals surface area (Å²) >= 11 is 1.18. The number of hydrogen-bond donors (Lipinski definition) is 2. The number of rotatable bonds is 4. The van der Waals surface area contributed by atoms with Crippen molar-refractivity contribution in [2.45, 2.75) is 23.5 Å². The summed E-state index contributed by atoms with van der Waals surface area (Å²) in [4.78, 5) is 11.7. The van der Waals surface area contributed by atoms with Crippen molar-refractivity contribution in [3.63, 3.8) is 0 Å². The summed E-state index contributed by atoms with van der Waals surface area (Å²) in [6.07, 6.45) is 0.599. The van der Waals surface area contributed by atoms with E-state index in [0.717, 1.165) is 0 Å². The van der Waals surface area contributed by atoms with Gasteiger partial charge in [0.25, 0.3) is 0 Å². The number of hydrazine groups is 1. The standard InChI is InChI=1S/C10H13FN2OS/c1-2-8(10(14)13-12)15-9-6-4-3-5-7(9)11/h3-6,8H,2,12H2,1H3,(H,13,14). The highest BCUT2D eigenvalue weighted by atomic mass is 32.2. The zero-order valence-electron chi connectivity index (χ0n) is 8.37. The van der Waals surface area contributed by atoms with Crippen molar-refractivity contribution in [3.05, 3.63) is 30.1 Å². The van der Waals surface area contributed by atoms with Gasteiger partial charge in [0, 0.05) is 4.90 Å². The molecule has 15 heavy (non-hydrogen) atoms. The first-order valence-electron chi connectivity index (χ1n) is 4.60. The smallest absolute Gasteiger partial charge is 0.247 e. The van der Waals surface area contributed by atoms with Crippen LogP contribution in [0.4, 0.5) is 4.39 Å². The van der Waals surface area contributed by atoms with Crippen molar-refractivity contribution in [1.29, 1.82) is 0 Å². The summed E-state index contributed by atoms with van der Waals surface area (Å²) in [6.45, 7) is 1.85. The Kier molecular flexibility index (Phi) is 4.58. The maximum absolute atomic E-state index is 13.3. The van der Waals surface area contributed by atoms with E-state index >= 15 is 0 Å². The molecule has 1 rings (SSSR count). The molecule has 1 atom stereocenters. The van der Waals surface area contributed by atoms with E-state index in [1.807, 2.05) is 6.92 Å². The van der Waals surface area contributed by atoms with Crippen molar-refractivity contribution in [1.82, 2.24) is 5.43 Å². The maximum Gasteiger partial charge on any atom is 0.247 e. The minimum absolute atomic E-state index is 0.286. The van der Waals surface area contributed by atoms with Gasteiger partial charge in [-0.2, -0.15) is 0 Å². The van der Waals surface area contributed by atoms with Crippen LogP contribution in [0.5, 0.6) is 0 Å². The van der Waals surface area contributed by atoms with E-state index in [0.29, 0.717) is 11.3 Å². The van der Waals surface area contributed by atoms with Gasteiger partial charge in [-0.15, -0.1) is 11.8 Å². The topological polar surface area (TPSA) is 55.1 Å². The Balaban J connectivity index is 2.75. The lowest BCUT2D eigenvalue weighted by Crippen LogP contribution is -2.37. The van der Waals surface area contributed by atoms with Gasteiger partial charge in [0.05, 0.1) is 5.25 Å². The van der Waals surface area contributed by atoms with E-state index in [1.165, 1.54) is 17.8 Å². The monoisotopic (exact) mass is 228 g/mol. The molecule has 3 nitrogen and oxygen atoms in total. The van der Waals surface area contributed by atoms with Crippen LogP contribution in [0.2, 0.25) is 0 Å². The average molecular weight is 228 g/mol. The number of amides is 1. The summed E-state index contributed by atoms with van der Waals surface area (Å²) in [5.74, 6) is 4.43. The molecule has 1 amide bonds. The second-order valence-electron chi connectivity index (χ2n) is 2.95. The number of carbonyl (C=O) groups is 1. The van der Waals surface area contributed by atoms with Crippen LogP contribution in [-0.2, 0) is 4.79 Å². The van der Waals surface area contributed by atoms with Gasteiger partial charge in [0.2, 0.25) is 5.91 Å². The third kappa shape index (κ3) is 3.21. The lowest BCUT2D eigenvalue weighted by Gasteiger charge is -2.12. The SMILES string of the molecule is CCC(Sc1ccccc1F)C(=O)NN. The number of nitrogens with one attached hydrogen (secondary N) is 1. The van der Waals surface area contributed by atoms with E-state index < -0.39 is 0 Å². The fourth-order valence-electron chi connectivity index (χ4n) is 1.11. The van der Waals surface area contributed by atoms with E-state index in [4.69, 9.17) is 5.84 Å². The molecule has 0 radical (unpaired) electrons. The van der Waals surface area contributed by atoms with E-state index in [2.05, 4.69) is 5.43 Å². The third-order valence-electron chi connectivity index (χ3n) is 1.91. The lowest BCUT2D eigenvalue weighted by molar-refractivity contribution is -0.120. The summed E-state index contributed by atoms with van der Waals surface area (Å²) in [6, 6.07) is 6.36. The van der Waals surface area contributed by atoms with Gasteiger partial charge < -0.3 is 0 Å². The van der Waals surface area contributed by atoms with Crippen molar-refractivity contribution in [3.8, 4) is 0 Å². The fraction of sp³-hybridized carbons (Fsp3) is 0.300. The first-order chi connectivity index (χ1) is 7.19. The van der Waals surface area contributed by atoms with Crippen LogP contribution < -0.4 is 11.3 Å². The second-order valence-corrected chi connectivity index (χ2v) is 4.20. The van der Waals surface area contributed by atoms with Crippen molar-refractivity contribution >= 4 is 17.7 Å². The highest BCUT2D eigenvalue weighted by molar-refractivity contribution is 8.00. The van der Waals surface area contributed by atoms with Gasteiger partial charge in [-0.05, 0) is 18.6 Å². The Bertz CT molecular complexity index is 346. The molecule has 1 aromatic carbocycles. The Morgan fingerprint density at radius 3 is 2.80 bits per heavy atom. The molecule has 0 heterocycles. The molecule has 82 valence electrons. The highest BCUT2D eigenvalue weighted by Gasteiger charge is 2.17.